The van der Waals surface area contributed by atoms with Gasteiger partial charge >= 0.3 is 5.97 Å². The van der Waals surface area contributed by atoms with Crippen LogP contribution >= 0.6 is 0 Å². The third-order valence-electron chi connectivity index (χ3n) is 6.74. The van der Waals surface area contributed by atoms with Crippen LogP contribution in [0.1, 0.15) is 103 Å². The van der Waals surface area contributed by atoms with E-state index >= 15 is 0 Å². The van der Waals surface area contributed by atoms with E-state index < -0.39 is 0 Å². The number of hydrogen-bond acceptors (Lipinski definition) is 3. The van der Waals surface area contributed by atoms with Crippen molar-refractivity contribution in [2.75, 3.05) is 0 Å². The Labute approximate surface area is 171 Å². The van der Waals surface area contributed by atoms with Crippen molar-refractivity contribution >= 4 is 5.97 Å². The van der Waals surface area contributed by atoms with Gasteiger partial charge in [0.2, 0.25) is 0 Å². The summed E-state index contributed by atoms with van der Waals surface area (Å²) >= 11 is 0. The molecule has 3 atom stereocenters. The second-order valence-electron chi connectivity index (χ2n) is 9.60. The lowest BCUT2D eigenvalue weighted by Gasteiger charge is -2.49. The summed E-state index contributed by atoms with van der Waals surface area (Å²) in [6.45, 7) is 10.5. The number of fused-ring (bicyclic) bond motifs is 3. The van der Waals surface area contributed by atoms with Gasteiger partial charge in [-0.15, -0.1) is 0 Å². The van der Waals surface area contributed by atoms with Gasteiger partial charge in [-0.05, 0) is 69.1 Å². The third kappa shape index (κ3) is 4.72. The first kappa shape index (κ1) is 21.2. The molecule has 0 spiro atoms. The average Bonchev–Trinajstić information content (AvgIpc) is 2.59. The van der Waals surface area contributed by atoms with Crippen molar-refractivity contribution in [2.24, 2.45) is 11.8 Å². The molecule has 0 aromatic heterocycles. The van der Waals surface area contributed by atoms with E-state index in [1.165, 1.54) is 57.4 Å². The molecule has 1 saturated carbocycles. The minimum absolute atomic E-state index is 0.176. The normalized spacial score (nSPS) is 25.4. The van der Waals surface area contributed by atoms with Gasteiger partial charge in [-0.3, -0.25) is 4.79 Å². The molecule has 3 unspecified atom stereocenters. The number of carbonyl (C=O) groups is 1. The molecule has 3 nitrogen and oxygen atoms in total. The standard InChI is InChI=1S/C25H38O3/c1-6-7-8-9-10-11-19-15-22(27-18(3)26)24-20-14-17(2)12-13-21(20)25(4,5)28-23(24)16-19/h15-17,20-21H,6-14H2,1-5H3. The molecule has 0 N–H and O–H groups in total. The number of unbranched alkanes of at least 4 members (excludes halogenated alkanes) is 4. The molecule has 0 amide bonds. The zero-order valence-electron chi connectivity index (χ0n) is 18.5. The Morgan fingerprint density at radius 1 is 1.18 bits per heavy atom. The van der Waals surface area contributed by atoms with E-state index in [-0.39, 0.29) is 11.6 Å². The number of carbonyl (C=O) groups excluding carboxylic acids is 1. The first-order valence-electron chi connectivity index (χ1n) is 11.4. The van der Waals surface area contributed by atoms with Crippen LogP contribution in [0.3, 0.4) is 0 Å². The summed E-state index contributed by atoms with van der Waals surface area (Å²) in [5, 5.41) is 0. The smallest absolute Gasteiger partial charge is 0.308 e. The summed E-state index contributed by atoms with van der Waals surface area (Å²) in [5.41, 5.74) is 2.19. The Morgan fingerprint density at radius 2 is 1.93 bits per heavy atom. The molecule has 0 bridgehead atoms. The van der Waals surface area contributed by atoms with Crippen LogP contribution in [0.2, 0.25) is 0 Å². The fourth-order valence-electron chi connectivity index (χ4n) is 5.31. The molecule has 0 radical (unpaired) electrons. The highest BCUT2D eigenvalue weighted by Crippen LogP contribution is 2.55. The van der Waals surface area contributed by atoms with Gasteiger partial charge in [0, 0.05) is 18.4 Å². The number of hydrogen-bond donors (Lipinski definition) is 0. The van der Waals surface area contributed by atoms with Crippen molar-refractivity contribution in [1.82, 2.24) is 0 Å². The number of ether oxygens (including phenoxy) is 2. The van der Waals surface area contributed by atoms with E-state index in [9.17, 15) is 4.79 Å². The van der Waals surface area contributed by atoms with Gasteiger partial charge in [0.05, 0.1) is 0 Å². The monoisotopic (exact) mass is 386 g/mol. The molecule has 1 aromatic carbocycles. The van der Waals surface area contributed by atoms with Gasteiger partial charge in [-0.2, -0.15) is 0 Å². The van der Waals surface area contributed by atoms with Gasteiger partial charge in [0.1, 0.15) is 17.1 Å². The highest BCUT2D eigenvalue weighted by Gasteiger charge is 2.47. The summed E-state index contributed by atoms with van der Waals surface area (Å²) in [4.78, 5) is 11.8. The summed E-state index contributed by atoms with van der Waals surface area (Å²) in [7, 11) is 0. The van der Waals surface area contributed by atoms with E-state index in [1.54, 1.807) is 0 Å². The van der Waals surface area contributed by atoms with Crippen LogP contribution < -0.4 is 9.47 Å². The lowest BCUT2D eigenvalue weighted by Crippen LogP contribution is -2.46. The predicted molar refractivity (Wildman–Crippen MR) is 114 cm³/mol. The van der Waals surface area contributed by atoms with Crippen molar-refractivity contribution in [3.63, 3.8) is 0 Å². The number of esters is 1. The van der Waals surface area contributed by atoms with E-state index in [0.717, 1.165) is 29.9 Å². The van der Waals surface area contributed by atoms with Crippen LogP contribution in [0.15, 0.2) is 12.1 Å². The first-order chi connectivity index (χ1) is 13.3. The molecule has 1 heterocycles. The molecule has 0 saturated heterocycles. The van der Waals surface area contributed by atoms with Crippen LogP contribution in [0.5, 0.6) is 11.5 Å². The van der Waals surface area contributed by atoms with Crippen molar-refractivity contribution in [1.29, 1.82) is 0 Å². The Kier molecular flexibility index (Phi) is 6.73. The molecule has 28 heavy (non-hydrogen) atoms. The Morgan fingerprint density at radius 3 is 2.64 bits per heavy atom. The molecule has 3 rings (SSSR count). The van der Waals surface area contributed by atoms with Crippen LogP contribution in [-0.4, -0.2) is 11.6 Å². The fraction of sp³-hybridized carbons (Fsp3) is 0.720. The van der Waals surface area contributed by atoms with Crippen molar-refractivity contribution in [3.8, 4) is 11.5 Å². The highest BCUT2D eigenvalue weighted by atomic mass is 16.5. The van der Waals surface area contributed by atoms with Crippen molar-refractivity contribution in [2.45, 2.75) is 104 Å². The van der Waals surface area contributed by atoms with E-state index in [2.05, 4.69) is 39.8 Å². The average molecular weight is 387 g/mol. The number of aryl methyl sites for hydroxylation is 1. The largest absolute Gasteiger partial charge is 0.487 e. The quantitative estimate of drug-likeness (QED) is 0.293. The van der Waals surface area contributed by atoms with E-state index in [0.29, 0.717) is 17.8 Å². The first-order valence-corrected chi connectivity index (χ1v) is 11.4. The third-order valence-corrected chi connectivity index (χ3v) is 6.74. The molecule has 1 aliphatic carbocycles. The van der Waals surface area contributed by atoms with Gasteiger partial charge in [0.15, 0.2) is 0 Å². The molecule has 1 aromatic rings. The molecular formula is C25H38O3. The summed E-state index contributed by atoms with van der Waals surface area (Å²) in [6.07, 6.45) is 10.9. The van der Waals surface area contributed by atoms with Crippen molar-refractivity contribution in [3.05, 3.63) is 23.3 Å². The number of rotatable bonds is 7. The van der Waals surface area contributed by atoms with E-state index in [4.69, 9.17) is 9.47 Å². The maximum atomic E-state index is 11.8. The minimum atomic E-state index is -0.243. The Balaban J connectivity index is 1.91. The topological polar surface area (TPSA) is 35.5 Å². The molecule has 1 fully saturated rings. The Bertz CT molecular complexity index is 691. The van der Waals surface area contributed by atoms with Gasteiger partial charge in [-0.25, -0.2) is 0 Å². The highest BCUT2D eigenvalue weighted by molar-refractivity contribution is 5.71. The SMILES string of the molecule is CCCCCCCc1cc(OC(C)=O)c2c(c1)OC(C)(C)C1CCC(C)CC21. The van der Waals surface area contributed by atoms with E-state index in [1.807, 2.05) is 0 Å². The summed E-state index contributed by atoms with van der Waals surface area (Å²) in [6, 6.07) is 4.33. The summed E-state index contributed by atoms with van der Waals surface area (Å²) < 4.78 is 12.3. The van der Waals surface area contributed by atoms with Gasteiger partial charge in [-0.1, -0.05) is 46.0 Å². The second-order valence-corrected chi connectivity index (χ2v) is 9.60. The molecule has 3 heteroatoms. The fourth-order valence-corrected chi connectivity index (χ4v) is 5.31. The van der Waals surface area contributed by atoms with Crippen LogP contribution in [0.4, 0.5) is 0 Å². The van der Waals surface area contributed by atoms with Crippen LogP contribution in [0.25, 0.3) is 0 Å². The molecule has 2 aliphatic rings. The van der Waals surface area contributed by atoms with Crippen molar-refractivity contribution < 1.29 is 14.3 Å². The van der Waals surface area contributed by atoms with Crippen LogP contribution in [0, 0.1) is 11.8 Å². The molecule has 156 valence electrons. The maximum absolute atomic E-state index is 11.8. The zero-order chi connectivity index (χ0) is 20.3. The maximum Gasteiger partial charge on any atom is 0.308 e. The molecular weight excluding hydrogens is 348 g/mol. The zero-order valence-corrected chi connectivity index (χ0v) is 18.5. The second kappa shape index (κ2) is 8.88. The minimum Gasteiger partial charge on any atom is -0.487 e. The van der Waals surface area contributed by atoms with Crippen LogP contribution in [-0.2, 0) is 11.2 Å². The van der Waals surface area contributed by atoms with Gasteiger partial charge in [0.25, 0.3) is 0 Å². The molecule has 1 aliphatic heterocycles. The lowest BCUT2D eigenvalue weighted by atomic mass is 9.64. The Hall–Kier alpha value is -1.51. The summed E-state index contributed by atoms with van der Waals surface area (Å²) in [5.74, 6) is 3.04. The lowest BCUT2D eigenvalue weighted by molar-refractivity contribution is -0.132. The number of benzene rings is 1. The van der Waals surface area contributed by atoms with Gasteiger partial charge < -0.3 is 9.47 Å². The predicted octanol–water partition coefficient (Wildman–Crippen LogP) is 6.82.